The average molecular weight is 560 g/mol. The number of hydrogen-bond acceptors (Lipinski definition) is 4. The van der Waals surface area contributed by atoms with E-state index >= 15 is 0 Å². The molecular weight excluding hydrogens is 539 g/mol. The van der Waals surface area contributed by atoms with Gasteiger partial charge in [0.1, 0.15) is 5.82 Å². The first-order valence-corrected chi connectivity index (χ1v) is 12.6. The van der Waals surface area contributed by atoms with Crippen LogP contribution in [0.15, 0.2) is 76.4 Å². The molecule has 0 radical (unpaired) electrons. The molecule has 4 rings (SSSR count). The third kappa shape index (κ3) is 5.51. The van der Waals surface area contributed by atoms with Crippen LogP contribution in [0.4, 0.5) is 4.39 Å². The van der Waals surface area contributed by atoms with Crippen LogP contribution in [0.1, 0.15) is 40.3 Å². The van der Waals surface area contributed by atoms with Crippen molar-refractivity contribution in [2.45, 2.75) is 30.8 Å². The first-order valence-electron chi connectivity index (χ1n) is 10.5. The van der Waals surface area contributed by atoms with E-state index in [1.807, 2.05) is 54.8 Å². The SMILES string of the molecule is Cc1ccc(Cl)cc1-n1c(SCc2ccc(F)cc2)nnc1C(C)NC(=O)c1ccccc1Br. The van der Waals surface area contributed by atoms with Gasteiger partial charge in [-0.2, -0.15) is 0 Å². The maximum Gasteiger partial charge on any atom is 0.253 e. The van der Waals surface area contributed by atoms with E-state index in [9.17, 15) is 9.18 Å². The standard InChI is InChI=1S/C25H21BrClFN4OS/c1-15-7-10-18(27)13-22(15)32-23(16(2)29-24(33)20-5-3-4-6-21(20)26)30-31-25(32)34-14-17-8-11-19(28)12-9-17/h3-13,16H,14H2,1-2H3,(H,29,33). The quantitative estimate of drug-likeness (QED) is 0.250. The highest BCUT2D eigenvalue weighted by Crippen LogP contribution is 2.30. The number of thioether (sulfide) groups is 1. The Morgan fingerprint density at radius 2 is 1.88 bits per heavy atom. The van der Waals surface area contributed by atoms with Gasteiger partial charge in [0.2, 0.25) is 0 Å². The molecule has 1 heterocycles. The third-order valence-electron chi connectivity index (χ3n) is 5.21. The van der Waals surface area contributed by atoms with Gasteiger partial charge in [-0.25, -0.2) is 4.39 Å². The maximum atomic E-state index is 13.3. The summed E-state index contributed by atoms with van der Waals surface area (Å²) in [5.41, 5.74) is 3.31. The summed E-state index contributed by atoms with van der Waals surface area (Å²) in [4.78, 5) is 12.9. The summed E-state index contributed by atoms with van der Waals surface area (Å²) in [5, 5.41) is 13.1. The number of carbonyl (C=O) groups is 1. The lowest BCUT2D eigenvalue weighted by molar-refractivity contribution is 0.0937. The number of benzene rings is 3. The van der Waals surface area contributed by atoms with Gasteiger partial charge in [0.05, 0.1) is 17.3 Å². The zero-order valence-corrected chi connectivity index (χ0v) is 21.6. The van der Waals surface area contributed by atoms with Crippen molar-refractivity contribution < 1.29 is 9.18 Å². The van der Waals surface area contributed by atoms with Crippen molar-refractivity contribution in [3.05, 3.63) is 105 Å². The predicted molar refractivity (Wildman–Crippen MR) is 137 cm³/mol. The van der Waals surface area contributed by atoms with Crippen LogP contribution >= 0.6 is 39.3 Å². The number of hydrogen-bond donors (Lipinski definition) is 1. The average Bonchev–Trinajstić information content (AvgIpc) is 3.24. The number of amides is 1. The lowest BCUT2D eigenvalue weighted by Gasteiger charge is -2.18. The minimum absolute atomic E-state index is 0.224. The highest BCUT2D eigenvalue weighted by atomic mass is 79.9. The molecule has 174 valence electrons. The lowest BCUT2D eigenvalue weighted by atomic mass is 10.1. The number of nitrogens with one attached hydrogen (secondary N) is 1. The summed E-state index contributed by atoms with van der Waals surface area (Å²) in [5.74, 6) is 0.657. The summed E-state index contributed by atoms with van der Waals surface area (Å²) in [6.07, 6.45) is 0. The zero-order valence-electron chi connectivity index (χ0n) is 18.4. The van der Waals surface area contributed by atoms with Crippen molar-refractivity contribution in [3.8, 4) is 5.69 Å². The van der Waals surface area contributed by atoms with Crippen molar-refractivity contribution in [3.63, 3.8) is 0 Å². The molecule has 1 unspecified atom stereocenters. The molecule has 0 aliphatic heterocycles. The number of halogens is 3. The van der Waals surface area contributed by atoms with Crippen LogP contribution in [0.25, 0.3) is 5.69 Å². The molecule has 5 nitrogen and oxygen atoms in total. The largest absolute Gasteiger partial charge is 0.342 e. The molecule has 34 heavy (non-hydrogen) atoms. The van der Waals surface area contributed by atoms with Crippen LogP contribution in [0.5, 0.6) is 0 Å². The van der Waals surface area contributed by atoms with Crippen molar-refractivity contribution >= 4 is 45.2 Å². The smallest absolute Gasteiger partial charge is 0.253 e. The number of rotatable bonds is 7. The van der Waals surface area contributed by atoms with E-state index in [-0.39, 0.29) is 11.7 Å². The molecular formula is C25H21BrClFN4OS. The summed E-state index contributed by atoms with van der Waals surface area (Å²) < 4.78 is 15.9. The van der Waals surface area contributed by atoms with Crippen molar-refractivity contribution in [1.29, 1.82) is 0 Å². The Hall–Kier alpha value is -2.68. The van der Waals surface area contributed by atoms with Gasteiger partial charge in [-0.05, 0) is 77.3 Å². The Labute approximate surface area is 214 Å². The van der Waals surface area contributed by atoms with Crippen LogP contribution < -0.4 is 5.32 Å². The van der Waals surface area contributed by atoms with Gasteiger partial charge < -0.3 is 5.32 Å². The molecule has 0 bridgehead atoms. The summed E-state index contributed by atoms with van der Waals surface area (Å²) in [6.45, 7) is 3.84. The van der Waals surface area contributed by atoms with Crippen molar-refractivity contribution in [2.24, 2.45) is 0 Å². The van der Waals surface area contributed by atoms with E-state index in [0.29, 0.717) is 31.8 Å². The fraction of sp³-hybridized carbons (Fsp3) is 0.160. The molecule has 0 spiro atoms. The molecule has 1 amide bonds. The van der Waals surface area contributed by atoms with E-state index in [4.69, 9.17) is 11.6 Å². The highest BCUT2D eigenvalue weighted by molar-refractivity contribution is 9.10. The fourth-order valence-corrected chi connectivity index (χ4v) is 4.96. The second-order valence-corrected chi connectivity index (χ2v) is 9.93. The van der Waals surface area contributed by atoms with Gasteiger partial charge in [-0.1, -0.05) is 53.7 Å². The second-order valence-electron chi connectivity index (χ2n) is 7.70. The monoisotopic (exact) mass is 558 g/mol. The molecule has 0 aliphatic carbocycles. The molecule has 4 aromatic rings. The second kappa shape index (κ2) is 10.7. The fourth-order valence-electron chi connectivity index (χ4n) is 3.42. The molecule has 1 N–H and O–H groups in total. The highest BCUT2D eigenvalue weighted by Gasteiger charge is 2.23. The molecule has 0 saturated heterocycles. The molecule has 0 saturated carbocycles. The van der Waals surface area contributed by atoms with E-state index in [1.165, 1.54) is 23.9 Å². The summed E-state index contributed by atoms with van der Waals surface area (Å²) >= 11 is 11.2. The van der Waals surface area contributed by atoms with Gasteiger partial charge >= 0.3 is 0 Å². The minimum Gasteiger partial charge on any atom is -0.342 e. The van der Waals surface area contributed by atoms with Crippen LogP contribution in [0.3, 0.4) is 0 Å². The van der Waals surface area contributed by atoms with Crippen LogP contribution in [0, 0.1) is 12.7 Å². The van der Waals surface area contributed by atoms with E-state index in [0.717, 1.165) is 16.8 Å². The molecule has 0 aliphatic rings. The van der Waals surface area contributed by atoms with Crippen LogP contribution in [-0.2, 0) is 5.75 Å². The molecule has 0 fully saturated rings. The Kier molecular flexibility index (Phi) is 7.70. The molecule has 1 aromatic heterocycles. The van der Waals surface area contributed by atoms with Gasteiger partial charge in [-0.15, -0.1) is 10.2 Å². The Bertz CT molecular complexity index is 1330. The van der Waals surface area contributed by atoms with E-state index in [1.54, 1.807) is 18.2 Å². The summed E-state index contributed by atoms with van der Waals surface area (Å²) in [6, 6.07) is 18.8. The summed E-state index contributed by atoms with van der Waals surface area (Å²) in [7, 11) is 0. The van der Waals surface area contributed by atoms with Gasteiger partial charge in [0.25, 0.3) is 5.91 Å². The number of aromatic nitrogens is 3. The minimum atomic E-state index is -0.439. The molecule has 9 heteroatoms. The van der Waals surface area contributed by atoms with Gasteiger partial charge in [-0.3, -0.25) is 9.36 Å². The van der Waals surface area contributed by atoms with Crippen LogP contribution in [-0.4, -0.2) is 20.7 Å². The molecule has 3 aromatic carbocycles. The van der Waals surface area contributed by atoms with Gasteiger partial charge in [0.15, 0.2) is 11.0 Å². The first kappa shape index (κ1) is 24.4. The van der Waals surface area contributed by atoms with Gasteiger partial charge in [0, 0.05) is 15.2 Å². The first-order chi connectivity index (χ1) is 16.3. The van der Waals surface area contributed by atoms with E-state index in [2.05, 4.69) is 31.4 Å². The topological polar surface area (TPSA) is 59.8 Å². The number of aryl methyl sites for hydroxylation is 1. The molecule has 1 atom stereocenters. The number of carbonyl (C=O) groups excluding carboxylic acids is 1. The zero-order chi connectivity index (χ0) is 24.2. The predicted octanol–water partition coefficient (Wildman–Crippen LogP) is 6.91. The Balaban J connectivity index is 1.67. The number of nitrogens with zero attached hydrogens (tertiary/aromatic N) is 3. The Morgan fingerprint density at radius 3 is 2.62 bits per heavy atom. The maximum absolute atomic E-state index is 13.3. The lowest BCUT2D eigenvalue weighted by Crippen LogP contribution is -2.29. The van der Waals surface area contributed by atoms with Crippen LogP contribution in [0.2, 0.25) is 5.02 Å². The van der Waals surface area contributed by atoms with Crippen molar-refractivity contribution in [2.75, 3.05) is 0 Å². The van der Waals surface area contributed by atoms with Crippen molar-refractivity contribution in [1.82, 2.24) is 20.1 Å². The third-order valence-corrected chi connectivity index (χ3v) is 7.13. The Morgan fingerprint density at radius 1 is 1.15 bits per heavy atom. The normalized spacial score (nSPS) is 11.9. The van der Waals surface area contributed by atoms with E-state index < -0.39 is 6.04 Å².